The number of hydrogen-bond donors (Lipinski definition) is 1. The summed E-state index contributed by atoms with van der Waals surface area (Å²) in [6, 6.07) is 2.23. The molecule has 0 unspecified atom stereocenters. The molecule has 0 heterocycles. The molecule has 0 aliphatic heterocycles. The highest BCUT2D eigenvalue weighted by Crippen LogP contribution is 2.28. The van der Waals surface area contributed by atoms with Crippen LogP contribution in [0.5, 0.6) is 5.75 Å². The van der Waals surface area contributed by atoms with Crippen LogP contribution >= 0.6 is 0 Å². The first-order chi connectivity index (χ1) is 8.01. The Balaban J connectivity index is 3.02. The van der Waals surface area contributed by atoms with Crippen LogP contribution < -0.4 is 10.1 Å². The molecule has 1 aromatic rings. The van der Waals surface area contributed by atoms with Crippen molar-refractivity contribution in [2.75, 3.05) is 27.9 Å². The maximum Gasteiger partial charge on any atom is 0.124 e. The molecular formula is C14H24N2O. The lowest BCUT2D eigenvalue weighted by molar-refractivity contribution is 0.309. The third-order valence-electron chi connectivity index (χ3n) is 3.21. The van der Waals surface area contributed by atoms with E-state index >= 15 is 0 Å². The molecule has 1 N–H and O–H groups in total. The minimum atomic E-state index is 0.892. The maximum absolute atomic E-state index is 5.44. The Hall–Kier alpha value is -1.06. The van der Waals surface area contributed by atoms with Gasteiger partial charge >= 0.3 is 0 Å². The largest absolute Gasteiger partial charge is 0.496 e. The van der Waals surface area contributed by atoms with Gasteiger partial charge in [-0.05, 0) is 57.1 Å². The van der Waals surface area contributed by atoms with Crippen molar-refractivity contribution >= 4 is 0 Å². The highest BCUT2D eigenvalue weighted by Gasteiger charge is 2.11. The van der Waals surface area contributed by atoms with Gasteiger partial charge in [0, 0.05) is 13.2 Å². The fourth-order valence-electron chi connectivity index (χ4n) is 2.24. The first-order valence-corrected chi connectivity index (χ1v) is 5.98. The van der Waals surface area contributed by atoms with Gasteiger partial charge in [-0.25, -0.2) is 0 Å². The Labute approximate surface area is 105 Å². The van der Waals surface area contributed by atoms with Crippen LogP contribution in [0.1, 0.15) is 22.3 Å². The molecule has 3 heteroatoms. The average molecular weight is 236 g/mol. The van der Waals surface area contributed by atoms with E-state index in [9.17, 15) is 0 Å². The fourth-order valence-corrected chi connectivity index (χ4v) is 2.24. The second kappa shape index (κ2) is 6.03. The molecule has 0 aromatic heterocycles. The van der Waals surface area contributed by atoms with E-state index in [4.69, 9.17) is 4.74 Å². The molecule has 0 atom stereocenters. The van der Waals surface area contributed by atoms with Crippen LogP contribution in [0.4, 0.5) is 0 Å². The summed E-state index contributed by atoms with van der Waals surface area (Å²) in [6.45, 7) is 8.25. The zero-order valence-corrected chi connectivity index (χ0v) is 11.8. The smallest absolute Gasteiger partial charge is 0.124 e. The number of rotatable bonds is 5. The van der Waals surface area contributed by atoms with Gasteiger partial charge in [0.2, 0.25) is 0 Å². The summed E-state index contributed by atoms with van der Waals surface area (Å²) in [5.41, 5.74) is 5.16. The van der Waals surface area contributed by atoms with Crippen molar-refractivity contribution in [1.82, 2.24) is 10.2 Å². The molecule has 0 aliphatic carbocycles. The molecule has 0 amide bonds. The van der Waals surface area contributed by atoms with E-state index in [1.807, 2.05) is 7.05 Å². The van der Waals surface area contributed by atoms with Crippen LogP contribution in [-0.4, -0.2) is 32.8 Å². The molecule has 1 aromatic carbocycles. The van der Waals surface area contributed by atoms with Gasteiger partial charge in [-0.15, -0.1) is 0 Å². The van der Waals surface area contributed by atoms with Crippen molar-refractivity contribution in [3.8, 4) is 5.75 Å². The third-order valence-corrected chi connectivity index (χ3v) is 3.21. The van der Waals surface area contributed by atoms with E-state index in [0.29, 0.717) is 0 Å². The van der Waals surface area contributed by atoms with Crippen molar-refractivity contribution in [3.05, 3.63) is 28.3 Å². The summed E-state index contributed by atoms with van der Waals surface area (Å²) >= 11 is 0. The maximum atomic E-state index is 5.44. The van der Waals surface area contributed by atoms with E-state index in [0.717, 1.165) is 19.0 Å². The van der Waals surface area contributed by atoms with Gasteiger partial charge in [0.05, 0.1) is 7.11 Å². The summed E-state index contributed by atoms with van der Waals surface area (Å²) in [5, 5.41) is 3.16. The Morgan fingerprint density at radius 3 is 2.41 bits per heavy atom. The highest BCUT2D eigenvalue weighted by atomic mass is 16.5. The number of benzene rings is 1. The molecule has 3 nitrogen and oxygen atoms in total. The topological polar surface area (TPSA) is 24.5 Å². The molecule has 17 heavy (non-hydrogen) atoms. The number of nitrogens with zero attached hydrogens (tertiary/aromatic N) is 1. The van der Waals surface area contributed by atoms with E-state index in [-0.39, 0.29) is 0 Å². The predicted octanol–water partition coefficient (Wildman–Crippen LogP) is 2.23. The Morgan fingerprint density at radius 1 is 1.24 bits per heavy atom. The first kappa shape index (κ1) is 14.0. The molecule has 0 fully saturated rings. The molecule has 0 saturated heterocycles. The van der Waals surface area contributed by atoms with Gasteiger partial charge in [-0.2, -0.15) is 0 Å². The van der Waals surface area contributed by atoms with Crippen molar-refractivity contribution in [1.29, 1.82) is 0 Å². The van der Waals surface area contributed by atoms with Crippen LogP contribution in [-0.2, 0) is 6.54 Å². The highest BCUT2D eigenvalue weighted by molar-refractivity contribution is 5.48. The Morgan fingerprint density at radius 2 is 1.88 bits per heavy atom. The van der Waals surface area contributed by atoms with Crippen LogP contribution in [0, 0.1) is 20.8 Å². The lowest BCUT2D eigenvalue weighted by Crippen LogP contribution is -2.28. The lowest BCUT2D eigenvalue weighted by Gasteiger charge is -2.20. The number of nitrogens with one attached hydrogen (secondary N) is 1. The van der Waals surface area contributed by atoms with E-state index in [2.05, 4.69) is 44.1 Å². The van der Waals surface area contributed by atoms with Crippen LogP contribution in [0.3, 0.4) is 0 Å². The molecule has 0 bridgehead atoms. The Bertz CT molecular complexity index is 388. The van der Waals surface area contributed by atoms with Crippen LogP contribution in [0.2, 0.25) is 0 Å². The second-order valence-corrected chi connectivity index (χ2v) is 4.66. The predicted molar refractivity (Wildman–Crippen MR) is 72.6 cm³/mol. The number of hydrogen-bond acceptors (Lipinski definition) is 3. The van der Waals surface area contributed by atoms with Crippen LogP contribution in [0.15, 0.2) is 6.07 Å². The summed E-state index contributed by atoms with van der Waals surface area (Å²) in [4.78, 5) is 2.26. The SMILES string of the molecule is CNCN(C)Cc1cc(C)c(OC)c(C)c1C. The zero-order valence-electron chi connectivity index (χ0n) is 11.8. The zero-order chi connectivity index (χ0) is 13.0. The van der Waals surface area contributed by atoms with Gasteiger partial charge in [0.1, 0.15) is 5.75 Å². The Kier molecular flexibility index (Phi) is 4.97. The van der Waals surface area contributed by atoms with Crippen molar-refractivity contribution in [3.63, 3.8) is 0 Å². The van der Waals surface area contributed by atoms with E-state index < -0.39 is 0 Å². The quantitative estimate of drug-likeness (QED) is 0.793. The van der Waals surface area contributed by atoms with Gasteiger partial charge in [-0.3, -0.25) is 4.90 Å². The van der Waals surface area contributed by atoms with Crippen molar-refractivity contribution < 1.29 is 4.74 Å². The minimum absolute atomic E-state index is 0.892. The van der Waals surface area contributed by atoms with Crippen molar-refractivity contribution in [2.45, 2.75) is 27.3 Å². The molecule has 0 aliphatic rings. The van der Waals surface area contributed by atoms with Gasteiger partial charge in [-0.1, -0.05) is 6.07 Å². The van der Waals surface area contributed by atoms with E-state index in [1.54, 1.807) is 7.11 Å². The van der Waals surface area contributed by atoms with Gasteiger partial charge in [0.15, 0.2) is 0 Å². The molecule has 0 spiro atoms. The first-order valence-electron chi connectivity index (χ1n) is 5.98. The second-order valence-electron chi connectivity index (χ2n) is 4.66. The van der Waals surface area contributed by atoms with Gasteiger partial charge in [0.25, 0.3) is 0 Å². The summed E-state index contributed by atoms with van der Waals surface area (Å²) < 4.78 is 5.44. The fraction of sp³-hybridized carbons (Fsp3) is 0.571. The minimum Gasteiger partial charge on any atom is -0.496 e. The molecule has 1 rings (SSSR count). The van der Waals surface area contributed by atoms with Crippen LogP contribution in [0.25, 0.3) is 0 Å². The van der Waals surface area contributed by atoms with E-state index in [1.165, 1.54) is 22.3 Å². The van der Waals surface area contributed by atoms with Gasteiger partial charge < -0.3 is 10.1 Å². The number of methoxy groups -OCH3 is 1. The normalized spacial score (nSPS) is 11.0. The number of ether oxygens (including phenoxy) is 1. The summed E-state index contributed by atoms with van der Waals surface area (Å²) in [5.74, 6) is 1.02. The third kappa shape index (κ3) is 3.20. The molecular weight excluding hydrogens is 212 g/mol. The lowest BCUT2D eigenvalue weighted by atomic mass is 9.98. The molecule has 0 radical (unpaired) electrons. The average Bonchev–Trinajstić information content (AvgIpc) is 2.26. The summed E-state index contributed by atoms with van der Waals surface area (Å²) in [7, 11) is 5.82. The van der Waals surface area contributed by atoms with Crippen molar-refractivity contribution in [2.24, 2.45) is 0 Å². The molecule has 96 valence electrons. The molecule has 0 saturated carbocycles. The number of aryl methyl sites for hydroxylation is 1. The standard InChI is InChI=1S/C14H24N2O/c1-10-7-13(8-16(5)9-15-4)11(2)12(3)14(10)17-6/h7,15H,8-9H2,1-6H3. The monoisotopic (exact) mass is 236 g/mol. The summed E-state index contributed by atoms with van der Waals surface area (Å²) in [6.07, 6.45) is 0.